The van der Waals surface area contributed by atoms with E-state index in [1.165, 1.54) is 4.90 Å². The van der Waals surface area contributed by atoms with E-state index in [9.17, 15) is 14.4 Å². The molecule has 0 spiro atoms. The maximum atomic E-state index is 12.5. The topological polar surface area (TPSA) is 72.9 Å². The zero-order chi connectivity index (χ0) is 21.1. The van der Waals surface area contributed by atoms with Gasteiger partial charge in [0.2, 0.25) is 5.78 Å². The second-order valence-electron chi connectivity index (χ2n) is 7.26. The summed E-state index contributed by atoms with van der Waals surface area (Å²) in [6.45, 7) is 7.30. The average Bonchev–Trinajstić information content (AvgIpc) is 2.69. The van der Waals surface area contributed by atoms with Gasteiger partial charge in [-0.1, -0.05) is 24.3 Å². The fourth-order valence-corrected chi connectivity index (χ4v) is 3.23. The summed E-state index contributed by atoms with van der Waals surface area (Å²) in [7, 11) is 0. The quantitative estimate of drug-likeness (QED) is 0.552. The second-order valence-corrected chi connectivity index (χ2v) is 7.26. The number of esters is 1. The minimum absolute atomic E-state index is 0.0165. The molecule has 2 atom stereocenters. The summed E-state index contributed by atoms with van der Waals surface area (Å²) in [4.78, 5) is 38.9. The number of benzene rings is 2. The lowest BCUT2D eigenvalue weighted by molar-refractivity contribution is -0.146. The van der Waals surface area contributed by atoms with E-state index in [-0.39, 0.29) is 24.7 Å². The van der Waals surface area contributed by atoms with Crippen molar-refractivity contribution in [1.82, 2.24) is 0 Å². The summed E-state index contributed by atoms with van der Waals surface area (Å²) < 4.78 is 10.9. The van der Waals surface area contributed by atoms with Gasteiger partial charge in [-0.25, -0.2) is 0 Å². The maximum absolute atomic E-state index is 12.5. The van der Waals surface area contributed by atoms with E-state index < -0.39 is 18.2 Å². The first-order chi connectivity index (χ1) is 13.8. The Hall–Kier alpha value is -3.15. The van der Waals surface area contributed by atoms with Crippen molar-refractivity contribution in [1.29, 1.82) is 0 Å². The highest BCUT2D eigenvalue weighted by Gasteiger charge is 2.31. The van der Waals surface area contributed by atoms with E-state index in [1.54, 1.807) is 44.2 Å². The van der Waals surface area contributed by atoms with Crippen molar-refractivity contribution < 1.29 is 23.9 Å². The number of anilines is 1. The van der Waals surface area contributed by atoms with Crippen LogP contribution in [0.15, 0.2) is 42.5 Å². The standard InChI is InChI=1S/C23H25NO5/c1-14-9-10-18(13-15(14)2)22(26)16(3)29-21(25)11-12-24-19-7-5-6-8-20(19)28-17(4)23(24)27/h5-10,13,16-17H,11-12H2,1-4H3. The number of Topliss-reactive ketones (excluding diaryl/α,β-unsaturated/α-hetero) is 1. The van der Waals surface area contributed by atoms with Crippen LogP contribution in [0.2, 0.25) is 0 Å². The van der Waals surface area contributed by atoms with E-state index in [1.807, 2.05) is 26.0 Å². The summed E-state index contributed by atoms with van der Waals surface area (Å²) in [5.74, 6) is -0.385. The summed E-state index contributed by atoms with van der Waals surface area (Å²) in [5.41, 5.74) is 3.24. The van der Waals surface area contributed by atoms with Crippen molar-refractivity contribution in [3.8, 4) is 5.75 Å². The van der Waals surface area contributed by atoms with Crippen molar-refractivity contribution in [2.45, 2.75) is 46.3 Å². The van der Waals surface area contributed by atoms with Gasteiger partial charge in [0.1, 0.15) is 5.75 Å². The van der Waals surface area contributed by atoms with Gasteiger partial charge in [-0.3, -0.25) is 14.4 Å². The third-order valence-corrected chi connectivity index (χ3v) is 5.08. The molecule has 3 rings (SSSR count). The molecule has 0 fully saturated rings. The van der Waals surface area contributed by atoms with Crippen molar-refractivity contribution in [3.05, 3.63) is 59.2 Å². The van der Waals surface area contributed by atoms with Crippen LogP contribution in [0.3, 0.4) is 0 Å². The van der Waals surface area contributed by atoms with Gasteiger partial charge in [0, 0.05) is 12.1 Å². The van der Waals surface area contributed by atoms with Gasteiger partial charge in [-0.15, -0.1) is 0 Å². The fourth-order valence-electron chi connectivity index (χ4n) is 3.23. The lowest BCUT2D eigenvalue weighted by Gasteiger charge is -2.32. The molecule has 2 aromatic carbocycles. The number of hydrogen-bond donors (Lipinski definition) is 0. The minimum Gasteiger partial charge on any atom is -0.479 e. The Kier molecular flexibility index (Phi) is 6.01. The molecule has 0 saturated heterocycles. The molecule has 1 amide bonds. The highest BCUT2D eigenvalue weighted by atomic mass is 16.5. The van der Waals surface area contributed by atoms with Crippen molar-refractivity contribution in [3.63, 3.8) is 0 Å². The van der Waals surface area contributed by atoms with Gasteiger partial charge in [0.15, 0.2) is 12.2 Å². The molecule has 2 aromatic rings. The van der Waals surface area contributed by atoms with Crippen LogP contribution < -0.4 is 9.64 Å². The average molecular weight is 395 g/mol. The first-order valence-corrected chi connectivity index (χ1v) is 9.66. The lowest BCUT2D eigenvalue weighted by atomic mass is 10.0. The summed E-state index contributed by atoms with van der Waals surface area (Å²) in [6, 6.07) is 12.6. The minimum atomic E-state index is -0.892. The van der Waals surface area contributed by atoms with E-state index in [0.717, 1.165) is 11.1 Å². The first-order valence-electron chi connectivity index (χ1n) is 9.66. The zero-order valence-electron chi connectivity index (χ0n) is 17.1. The molecular weight excluding hydrogens is 370 g/mol. The number of hydrogen-bond acceptors (Lipinski definition) is 5. The second kappa shape index (κ2) is 8.47. The van der Waals surface area contributed by atoms with Gasteiger partial charge < -0.3 is 14.4 Å². The number of rotatable bonds is 6. The summed E-state index contributed by atoms with van der Waals surface area (Å²) in [6.07, 6.45) is -1.53. The van der Waals surface area contributed by atoms with E-state index in [0.29, 0.717) is 17.0 Å². The van der Waals surface area contributed by atoms with E-state index in [2.05, 4.69) is 0 Å². The SMILES string of the molecule is Cc1ccc(C(=O)C(C)OC(=O)CCN2C(=O)C(C)Oc3ccccc32)cc1C. The monoisotopic (exact) mass is 395 g/mol. The van der Waals surface area contributed by atoms with Gasteiger partial charge in [0.25, 0.3) is 5.91 Å². The van der Waals surface area contributed by atoms with Crippen molar-refractivity contribution in [2.75, 3.05) is 11.4 Å². The fraction of sp³-hybridized carbons (Fsp3) is 0.348. The molecule has 0 aliphatic carbocycles. The van der Waals surface area contributed by atoms with Crippen LogP contribution in [0.4, 0.5) is 5.69 Å². The van der Waals surface area contributed by atoms with Crippen LogP contribution in [-0.2, 0) is 14.3 Å². The predicted octanol–water partition coefficient (Wildman–Crippen LogP) is 3.62. The van der Waals surface area contributed by atoms with Crippen LogP contribution in [0.25, 0.3) is 0 Å². The molecule has 0 radical (unpaired) electrons. The number of para-hydroxylation sites is 2. The van der Waals surface area contributed by atoms with Crippen LogP contribution in [-0.4, -0.2) is 36.4 Å². The highest BCUT2D eigenvalue weighted by molar-refractivity contribution is 6.01. The molecule has 0 aromatic heterocycles. The Morgan fingerprint density at radius 2 is 1.86 bits per heavy atom. The normalized spacial score (nSPS) is 16.6. The van der Waals surface area contributed by atoms with Gasteiger partial charge in [-0.05, 0) is 57.0 Å². The molecule has 2 unspecified atom stereocenters. The molecule has 1 aliphatic heterocycles. The Bertz CT molecular complexity index is 952. The van der Waals surface area contributed by atoms with Crippen LogP contribution >= 0.6 is 0 Å². The van der Waals surface area contributed by atoms with Crippen LogP contribution in [0, 0.1) is 13.8 Å². The number of nitrogens with zero attached hydrogens (tertiary/aromatic N) is 1. The molecule has 6 nitrogen and oxygen atoms in total. The number of aryl methyl sites for hydroxylation is 2. The van der Waals surface area contributed by atoms with Crippen LogP contribution in [0.5, 0.6) is 5.75 Å². The number of ether oxygens (including phenoxy) is 2. The van der Waals surface area contributed by atoms with Crippen molar-refractivity contribution >= 4 is 23.3 Å². The number of fused-ring (bicyclic) bond motifs is 1. The molecule has 29 heavy (non-hydrogen) atoms. The Morgan fingerprint density at radius 3 is 2.59 bits per heavy atom. The molecule has 1 heterocycles. The Morgan fingerprint density at radius 1 is 1.14 bits per heavy atom. The van der Waals surface area contributed by atoms with Gasteiger partial charge in [0.05, 0.1) is 12.1 Å². The van der Waals surface area contributed by atoms with Gasteiger partial charge in [-0.2, -0.15) is 0 Å². The smallest absolute Gasteiger partial charge is 0.308 e. The molecule has 152 valence electrons. The number of carbonyl (C=O) groups excluding carboxylic acids is 3. The van der Waals surface area contributed by atoms with Gasteiger partial charge >= 0.3 is 5.97 Å². The Labute approximate surface area is 170 Å². The number of amides is 1. The number of carbonyl (C=O) groups is 3. The highest BCUT2D eigenvalue weighted by Crippen LogP contribution is 2.33. The maximum Gasteiger partial charge on any atom is 0.308 e. The Balaban J connectivity index is 1.61. The molecule has 6 heteroatoms. The van der Waals surface area contributed by atoms with E-state index in [4.69, 9.17) is 9.47 Å². The van der Waals surface area contributed by atoms with Crippen molar-refractivity contribution in [2.24, 2.45) is 0 Å². The molecule has 0 N–H and O–H groups in total. The van der Waals surface area contributed by atoms with Crippen LogP contribution in [0.1, 0.15) is 41.8 Å². The molecule has 0 saturated carbocycles. The number of ketones is 1. The predicted molar refractivity (Wildman–Crippen MR) is 109 cm³/mol. The molecular formula is C23H25NO5. The third-order valence-electron chi connectivity index (χ3n) is 5.08. The third kappa shape index (κ3) is 4.47. The summed E-state index contributed by atoms with van der Waals surface area (Å²) >= 11 is 0. The zero-order valence-corrected chi connectivity index (χ0v) is 17.1. The largest absolute Gasteiger partial charge is 0.479 e. The first kappa shape index (κ1) is 20.6. The lowest BCUT2D eigenvalue weighted by Crippen LogP contribution is -2.45. The van der Waals surface area contributed by atoms with E-state index >= 15 is 0 Å². The molecule has 0 bridgehead atoms. The molecule has 1 aliphatic rings. The summed E-state index contributed by atoms with van der Waals surface area (Å²) in [5, 5.41) is 0.